The molecule has 5 nitrogen and oxygen atoms in total. The molecule has 4 rings (SSSR count). The standard InChI is InChI=1S/C26H33N3O2/c1-25(2,3)16-23(30)29-14-12-26(18-29,24(31)28-22-10-11-22)15-19-6-8-20(9-7-19)21-5-4-13-27-17-21/h4-9,13,17,22H,10-12,14-16,18H2,1-3H3,(H,28,31)/t26-/m1/s1. The van der Waals surface area contributed by atoms with Crippen LogP contribution >= 0.6 is 0 Å². The minimum Gasteiger partial charge on any atom is -0.353 e. The number of likely N-dealkylation sites (tertiary alicyclic amines) is 1. The number of carbonyl (C=O) groups excluding carboxylic acids is 2. The number of benzene rings is 1. The second-order valence-electron chi connectivity index (χ2n) is 10.4. The fourth-order valence-electron chi connectivity index (χ4n) is 4.37. The van der Waals surface area contributed by atoms with Crippen molar-refractivity contribution < 1.29 is 9.59 Å². The predicted octanol–water partition coefficient (Wildman–Crippen LogP) is 4.22. The molecule has 0 unspecified atom stereocenters. The Balaban J connectivity index is 1.52. The quantitative estimate of drug-likeness (QED) is 0.762. The molecule has 2 fully saturated rings. The minimum atomic E-state index is -0.550. The molecule has 2 heterocycles. The molecule has 2 aromatic rings. The summed E-state index contributed by atoms with van der Waals surface area (Å²) in [5.74, 6) is 0.262. The topological polar surface area (TPSA) is 62.3 Å². The Kier molecular flexibility index (Phi) is 5.87. The number of hydrogen-bond donors (Lipinski definition) is 1. The maximum atomic E-state index is 13.3. The summed E-state index contributed by atoms with van der Waals surface area (Å²) in [6.07, 6.45) is 7.63. The molecule has 1 aliphatic carbocycles. The van der Waals surface area contributed by atoms with E-state index in [4.69, 9.17) is 0 Å². The third-order valence-electron chi connectivity index (χ3n) is 6.27. The van der Waals surface area contributed by atoms with Crippen molar-refractivity contribution in [1.82, 2.24) is 15.2 Å². The zero-order chi connectivity index (χ0) is 22.1. The van der Waals surface area contributed by atoms with E-state index in [0.29, 0.717) is 38.4 Å². The molecule has 1 aromatic carbocycles. The number of rotatable bonds is 6. The molecule has 31 heavy (non-hydrogen) atoms. The van der Waals surface area contributed by atoms with Crippen molar-refractivity contribution >= 4 is 11.8 Å². The van der Waals surface area contributed by atoms with Crippen LogP contribution in [-0.4, -0.2) is 40.8 Å². The maximum absolute atomic E-state index is 13.3. The van der Waals surface area contributed by atoms with Gasteiger partial charge < -0.3 is 10.2 Å². The van der Waals surface area contributed by atoms with Crippen LogP contribution in [0.4, 0.5) is 0 Å². The second kappa shape index (κ2) is 8.45. The number of pyridine rings is 1. The zero-order valence-electron chi connectivity index (χ0n) is 18.9. The lowest BCUT2D eigenvalue weighted by Crippen LogP contribution is -2.46. The summed E-state index contributed by atoms with van der Waals surface area (Å²) in [5, 5.41) is 3.22. The summed E-state index contributed by atoms with van der Waals surface area (Å²) >= 11 is 0. The fraction of sp³-hybridized carbons (Fsp3) is 0.500. The van der Waals surface area contributed by atoms with Gasteiger partial charge in [-0.2, -0.15) is 0 Å². The number of aromatic nitrogens is 1. The van der Waals surface area contributed by atoms with E-state index < -0.39 is 5.41 Å². The molecule has 1 aliphatic heterocycles. The van der Waals surface area contributed by atoms with Crippen LogP contribution in [0.25, 0.3) is 11.1 Å². The first-order chi connectivity index (χ1) is 14.7. The van der Waals surface area contributed by atoms with Crippen LogP contribution < -0.4 is 5.32 Å². The van der Waals surface area contributed by atoms with E-state index in [-0.39, 0.29) is 17.2 Å². The highest BCUT2D eigenvalue weighted by atomic mass is 16.2. The lowest BCUT2D eigenvalue weighted by Gasteiger charge is -2.29. The molecular formula is C26H33N3O2. The number of carbonyl (C=O) groups is 2. The average Bonchev–Trinajstić information content (AvgIpc) is 3.44. The van der Waals surface area contributed by atoms with Crippen LogP contribution in [0.15, 0.2) is 48.8 Å². The fourth-order valence-corrected chi connectivity index (χ4v) is 4.37. The van der Waals surface area contributed by atoms with Gasteiger partial charge in [0.05, 0.1) is 5.41 Å². The first-order valence-corrected chi connectivity index (χ1v) is 11.3. The van der Waals surface area contributed by atoms with Gasteiger partial charge in [0.1, 0.15) is 0 Å². The summed E-state index contributed by atoms with van der Waals surface area (Å²) in [6, 6.07) is 12.7. The van der Waals surface area contributed by atoms with Crippen molar-refractivity contribution in [2.24, 2.45) is 10.8 Å². The lowest BCUT2D eigenvalue weighted by molar-refractivity contribution is -0.134. The lowest BCUT2D eigenvalue weighted by atomic mass is 9.79. The molecular weight excluding hydrogens is 386 g/mol. The van der Waals surface area contributed by atoms with Crippen molar-refractivity contribution in [1.29, 1.82) is 0 Å². The van der Waals surface area contributed by atoms with Gasteiger partial charge in [-0.15, -0.1) is 0 Å². The van der Waals surface area contributed by atoms with Gasteiger partial charge in [0, 0.05) is 37.9 Å². The summed E-state index contributed by atoms with van der Waals surface area (Å²) in [4.78, 5) is 32.3. The van der Waals surface area contributed by atoms with E-state index in [1.807, 2.05) is 23.2 Å². The van der Waals surface area contributed by atoms with E-state index in [1.54, 1.807) is 6.20 Å². The van der Waals surface area contributed by atoms with Gasteiger partial charge in [0.15, 0.2) is 0 Å². The third kappa shape index (κ3) is 5.33. The SMILES string of the molecule is CC(C)(C)CC(=O)N1CC[C@](Cc2ccc(-c3cccnc3)cc2)(C(=O)NC2CC2)C1. The van der Waals surface area contributed by atoms with Gasteiger partial charge in [-0.05, 0) is 53.9 Å². The van der Waals surface area contributed by atoms with E-state index in [0.717, 1.165) is 29.5 Å². The van der Waals surface area contributed by atoms with Crippen LogP contribution in [0, 0.1) is 10.8 Å². The number of nitrogens with one attached hydrogen (secondary N) is 1. The maximum Gasteiger partial charge on any atom is 0.228 e. The monoisotopic (exact) mass is 419 g/mol. The van der Waals surface area contributed by atoms with Gasteiger partial charge in [0.2, 0.25) is 11.8 Å². The Morgan fingerprint density at radius 3 is 2.48 bits per heavy atom. The highest BCUT2D eigenvalue weighted by molar-refractivity contribution is 5.86. The predicted molar refractivity (Wildman–Crippen MR) is 122 cm³/mol. The summed E-state index contributed by atoms with van der Waals surface area (Å²) in [7, 11) is 0. The van der Waals surface area contributed by atoms with Gasteiger partial charge in [-0.25, -0.2) is 0 Å². The van der Waals surface area contributed by atoms with Crippen LogP contribution in [0.2, 0.25) is 0 Å². The van der Waals surface area contributed by atoms with Crippen molar-refractivity contribution in [2.45, 2.75) is 58.9 Å². The second-order valence-corrected chi connectivity index (χ2v) is 10.4. The van der Waals surface area contributed by atoms with Crippen LogP contribution in [0.5, 0.6) is 0 Å². The molecule has 2 aliphatic rings. The molecule has 1 atom stereocenters. The molecule has 2 amide bonds. The van der Waals surface area contributed by atoms with Gasteiger partial charge in [0.25, 0.3) is 0 Å². The molecule has 0 spiro atoms. The Morgan fingerprint density at radius 1 is 1.13 bits per heavy atom. The smallest absolute Gasteiger partial charge is 0.228 e. The van der Waals surface area contributed by atoms with E-state index in [1.165, 1.54) is 0 Å². The number of amides is 2. The van der Waals surface area contributed by atoms with Gasteiger partial charge >= 0.3 is 0 Å². The molecule has 0 bridgehead atoms. The number of nitrogens with zero attached hydrogens (tertiary/aromatic N) is 2. The minimum absolute atomic E-state index is 0.0548. The summed E-state index contributed by atoms with van der Waals surface area (Å²) in [6.45, 7) is 7.40. The number of hydrogen-bond acceptors (Lipinski definition) is 3. The molecule has 5 heteroatoms. The first kappa shape index (κ1) is 21.5. The summed E-state index contributed by atoms with van der Waals surface area (Å²) < 4.78 is 0. The Labute approximate surface area is 185 Å². The average molecular weight is 420 g/mol. The van der Waals surface area contributed by atoms with Gasteiger partial charge in [-0.3, -0.25) is 14.6 Å². The van der Waals surface area contributed by atoms with Crippen molar-refractivity contribution in [3.05, 3.63) is 54.4 Å². The highest BCUT2D eigenvalue weighted by Gasteiger charge is 2.47. The Hall–Kier alpha value is -2.69. The Bertz CT molecular complexity index is 929. The molecule has 1 aromatic heterocycles. The third-order valence-corrected chi connectivity index (χ3v) is 6.27. The first-order valence-electron chi connectivity index (χ1n) is 11.3. The van der Waals surface area contributed by atoms with Crippen LogP contribution in [-0.2, 0) is 16.0 Å². The van der Waals surface area contributed by atoms with Crippen molar-refractivity contribution in [3.63, 3.8) is 0 Å². The highest BCUT2D eigenvalue weighted by Crippen LogP contribution is 2.37. The Morgan fingerprint density at radius 2 is 1.87 bits per heavy atom. The van der Waals surface area contributed by atoms with E-state index in [2.05, 4.69) is 55.3 Å². The van der Waals surface area contributed by atoms with Crippen LogP contribution in [0.1, 0.15) is 52.0 Å². The molecule has 1 N–H and O–H groups in total. The van der Waals surface area contributed by atoms with E-state index in [9.17, 15) is 9.59 Å². The van der Waals surface area contributed by atoms with Crippen molar-refractivity contribution in [3.8, 4) is 11.1 Å². The normalized spacial score (nSPS) is 21.2. The molecule has 0 radical (unpaired) electrons. The van der Waals surface area contributed by atoms with Gasteiger partial charge in [-0.1, -0.05) is 51.1 Å². The molecule has 1 saturated heterocycles. The van der Waals surface area contributed by atoms with Crippen LogP contribution in [0.3, 0.4) is 0 Å². The van der Waals surface area contributed by atoms with Crippen molar-refractivity contribution in [2.75, 3.05) is 13.1 Å². The molecule has 164 valence electrons. The zero-order valence-corrected chi connectivity index (χ0v) is 18.9. The largest absolute Gasteiger partial charge is 0.353 e. The molecule has 1 saturated carbocycles. The van der Waals surface area contributed by atoms with E-state index >= 15 is 0 Å². The summed E-state index contributed by atoms with van der Waals surface area (Å²) in [5.41, 5.74) is 2.72.